The summed E-state index contributed by atoms with van der Waals surface area (Å²) < 4.78 is 3.58. The Morgan fingerprint density at radius 2 is 1.78 bits per heavy atom. The highest BCUT2D eigenvalue weighted by atomic mass is 32.1. The smallest absolute Gasteiger partial charge is 0.274 e. The monoisotopic (exact) mass is 382 g/mol. The summed E-state index contributed by atoms with van der Waals surface area (Å²) in [6, 6.07) is 14.1. The van der Waals surface area contributed by atoms with Crippen LogP contribution in [0, 0.1) is 0 Å². The van der Waals surface area contributed by atoms with Gasteiger partial charge in [-0.25, -0.2) is 4.68 Å². The normalized spacial score (nSPS) is 11.6. The fourth-order valence-electron chi connectivity index (χ4n) is 3.15. The van der Waals surface area contributed by atoms with Crippen LogP contribution in [-0.4, -0.2) is 21.0 Å². The zero-order chi connectivity index (χ0) is 19.8. The third kappa shape index (κ3) is 3.76. The van der Waals surface area contributed by atoms with Gasteiger partial charge in [-0.2, -0.15) is 0 Å². The van der Waals surface area contributed by atoms with Gasteiger partial charge in [0.05, 0.1) is 16.6 Å². The minimum Gasteiger partial charge on any atom is -0.363 e. The second kappa shape index (κ2) is 7.19. The first kappa shape index (κ1) is 19.2. The molecule has 6 heteroatoms. The van der Waals surface area contributed by atoms with Crippen LogP contribution in [0.3, 0.4) is 0 Å². The number of hydrogen-bond donors (Lipinski definition) is 2. The Balaban J connectivity index is 2.05. The highest BCUT2D eigenvalue weighted by Crippen LogP contribution is 2.25. The number of aromatic nitrogens is 2. The molecule has 0 spiro atoms. The summed E-state index contributed by atoms with van der Waals surface area (Å²) in [5, 5.41) is 7.37. The van der Waals surface area contributed by atoms with Crippen molar-refractivity contribution < 1.29 is 0 Å². The van der Waals surface area contributed by atoms with Gasteiger partial charge in [0.2, 0.25) is 0 Å². The Labute approximate surface area is 165 Å². The molecule has 2 N–H and O–H groups in total. The molecule has 3 aromatic rings. The second-order valence-electron chi connectivity index (χ2n) is 7.65. The van der Waals surface area contributed by atoms with Crippen LogP contribution in [0.5, 0.6) is 0 Å². The molecule has 0 atom stereocenters. The molecular weight excluding hydrogens is 356 g/mol. The molecule has 0 amide bonds. The Kier molecular flexibility index (Phi) is 5.11. The van der Waals surface area contributed by atoms with Crippen molar-refractivity contribution in [3.05, 3.63) is 58.4 Å². The molecule has 0 radical (unpaired) electrons. The highest BCUT2D eigenvalue weighted by Gasteiger charge is 2.16. The number of hydrogen-bond acceptors (Lipinski definition) is 2. The van der Waals surface area contributed by atoms with E-state index in [4.69, 9.17) is 12.2 Å². The van der Waals surface area contributed by atoms with Crippen LogP contribution in [0.15, 0.2) is 47.3 Å². The summed E-state index contributed by atoms with van der Waals surface area (Å²) >= 11 is 5.23. The third-order valence-electron chi connectivity index (χ3n) is 4.62. The number of rotatable bonds is 3. The summed E-state index contributed by atoms with van der Waals surface area (Å²) in [4.78, 5) is 12.8. The average molecular weight is 383 g/mol. The Hall–Kier alpha value is -2.60. The van der Waals surface area contributed by atoms with E-state index in [-0.39, 0.29) is 11.0 Å². The van der Waals surface area contributed by atoms with Crippen molar-refractivity contribution in [2.75, 3.05) is 11.9 Å². The molecule has 0 fully saturated rings. The minimum absolute atomic E-state index is 0.0390. The molecule has 0 aliphatic heterocycles. The number of nitrogens with one attached hydrogen (secondary N) is 2. The van der Waals surface area contributed by atoms with E-state index in [0.29, 0.717) is 10.5 Å². The van der Waals surface area contributed by atoms with Crippen LogP contribution >= 0.6 is 12.2 Å². The lowest BCUT2D eigenvalue weighted by atomic mass is 9.87. The molecule has 2 aromatic carbocycles. The van der Waals surface area contributed by atoms with Crippen molar-refractivity contribution in [3.63, 3.8) is 0 Å². The Morgan fingerprint density at radius 1 is 1.11 bits per heavy atom. The van der Waals surface area contributed by atoms with Gasteiger partial charge in [-0.05, 0) is 60.5 Å². The summed E-state index contributed by atoms with van der Waals surface area (Å²) in [7, 11) is 1.79. The molecule has 0 bridgehead atoms. The molecular formula is C21H26N4OS. The van der Waals surface area contributed by atoms with E-state index in [9.17, 15) is 4.79 Å². The van der Waals surface area contributed by atoms with Crippen LogP contribution in [0.4, 0.5) is 5.69 Å². The van der Waals surface area contributed by atoms with Gasteiger partial charge in [-0.15, -0.1) is 0 Å². The van der Waals surface area contributed by atoms with E-state index >= 15 is 0 Å². The molecule has 0 aliphatic carbocycles. The lowest BCUT2D eigenvalue weighted by Crippen LogP contribution is -2.27. The van der Waals surface area contributed by atoms with Crippen molar-refractivity contribution in [1.82, 2.24) is 14.7 Å². The molecule has 1 heterocycles. The highest BCUT2D eigenvalue weighted by molar-refractivity contribution is 7.80. The Bertz CT molecular complexity index is 1040. The van der Waals surface area contributed by atoms with Gasteiger partial charge in [0.25, 0.3) is 5.56 Å². The molecule has 0 aliphatic rings. The Morgan fingerprint density at radius 3 is 2.37 bits per heavy atom. The summed E-state index contributed by atoms with van der Waals surface area (Å²) in [5.41, 5.74) is 3.94. The zero-order valence-corrected chi connectivity index (χ0v) is 17.3. The number of anilines is 1. The first-order valence-electron chi connectivity index (χ1n) is 9.10. The molecule has 1 aromatic heterocycles. The van der Waals surface area contributed by atoms with E-state index < -0.39 is 0 Å². The van der Waals surface area contributed by atoms with Crippen LogP contribution in [0.1, 0.15) is 33.3 Å². The van der Waals surface area contributed by atoms with Crippen molar-refractivity contribution >= 4 is 33.9 Å². The zero-order valence-electron chi connectivity index (χ0n) is 16.5. The minimum atomic E-state index is -0.0390. The van der Waals surface area contributed by atoms with Crippen LogP contribution in [0.2, 0.25) is 0 Å². The first-order chi connectivity index (χ1) is 12.7. The molecule has 142 valence electrons. The molecule has 0 saturated heterocycles. The fraction of sp³-hybridized carbons (Fsp3) is 0.333. The lowest BCUT2D eigenvalue weighted by molar-refractivity contribution is 0.589. The van der Waals surface area contributed by atoms with E-state index in [1.165, 1.54) is 5.56 Å². The standard InChI is InChI=1S/C21H26N4OS/c1-6-22-20(27)23-15-9-12-18-17(13-15)19(26)24(5)25(18)16-10-7-14(8-11-16)21(2,3)4/h7-13H,6H2,1-5H3,(H2,22,23,27). The fourth-order valence-corrected chi connectivity index (χ4v) is 3.41. The van der Waals surface area contributed by atoms with E-state index in [2.05, 4.69) is 55.7 Å². The lowest BCUT2D eigenvalue weighted by Gasteiger charge is -2.19. The number of benzene rings is 2. The van der Waals surface area contributed by atoms with Gasteiger partial charge in [-0.3, -0.25) is 9.48 Å². The van der Waals surface area contributed by atoms with Gasteiger partial charge < -0.3 is 10.6 Å². The average Bonchev–Trinajstić information content (AvgIpc) is 2.85. The molecule has 27 heavy (non-hydrogen) atoms. The molecule has 0 saturated carbocycles. The molecule has 5 nitrogen and oxygen atoms in total. The van der Waals surface area contributed by atoms with Gasteiger partial charge >= 0.3 is 0 Å². The predicted octanol–water partition coefficient (Wildman–Crippen LogP) is 3.93. The van der Waals surface area contributed by atoms with E-state index in [1.807, 2.05) is 29.8 Å². The van der Waals surface area contributed by atoms with Gasteiger partial charge in [0, 0.05) is 19.3 Å². The van der Waals surface area contributed by atoms with Crippen LogP contribution in [-0.2, 0) is 12.5 Å². The maximum absolute atomic E-state index is 12.8. The van der Waals surface area contributed by atoms with Gasteiger partial charge in [0.1, 0.15) is 0 Å². The van der Waals surface area contributed by atoms with E-state index in [1.54, 1.807) is 11.7 Å². The largest absolute Gasteiger partial charge is 0.363 e. The number of fused-ring (bicyclic) bond motifs is 1. The second-order valence-corrected chi connectivity index (χ2v) is 8.06. The predicted molar refractivity (Wildman–Crippen MR) is 117 cm³/mol. The van der Waals surface area contributed by atoms with Crippen molar-refractivity contribution in [2.45, 2.75) is 33.1 Å². The summed E-state index contributed by atoms with van der Waals surface area (Å²) in [6.45, 7) is 9.30. The van der Waals surface area contributed by atoms with Crippen molar-refractivity contribution in [3.8, 4) is 5.69 Å². The van der Waals surface area contributed by atoms with E-state index in [0.717, 1.165) is 23.4 Å². The van der Waals surface area contributed by atoms with Gasteiger partial charge in [-0.1, -0.05) is 32.9 Å². The molecule has 0 unspecified atom stereocenters. The summed E-state index contributed by atoms with van der Waals surface area (Å²) in [6.07, 6.45) is 0. The maximum Gasteiger partial charge on any atom is 0.274 e. The third-order valence-corrected chi connectivity index (χ3v) is 4.87. The molecule has 3 rings (SSSR count). The van der Waals surface area contributed by atoms with Crippen molar-refractivity contribution in [2.24, 2.45) is 7.05 Å². The first-order valence-corrected chi connectivity index (χ1v) is 9.50. The quantitative estimate of drug-likeness (QED) is 0.674. The summed E-state index contributed by atoms with van der Waals surface area (Å²) in [5.74, 6) is 0. The number of nitrogens with zero attached hydrogens (tertiary/aromatic N) is 2. The van der Waals surface area contributed by atoms with Crippen LogP contribution in [0.25, 0.3) is 16.6 Å². The van der Waals surface area contributed by atoms with Gasteiger partial charge in [0.15, 0.2) is 5.11 Å². The number of thiocarbonyl (C=S) groups is 1. The SMILES string of the molecule is CCNC(=S)Nc1ccc2c(c1)c(=O)n(C)n2-c1ccc(C(C)(C)C)cc1. The van der Waals surface area contributed by atoms with Crippen molar-refractivity contribution in [1.29, 1.82) is 0 Å². The van der Waals surface area contributed by atoms with Crippen LogP contribution < -0.4 is 16.2 Å². The topological polar surface area (TPSA) is 51.0 Å². The maximum atomic E-state index is 12.8.